The number of halogens is 3. The number of hydrogen-bond acceptors (Lipinski definition) is 3. The van der Waals surface area contributed by atoms with Crippen molar-refractivity contribution in [3.05, 3.63) is 29.8 Å². The maximum atomic E-state index is 12.0. The van der Waals surface area contributed by atoms with Crippen LogP contribution in [-0.2, 0) is 0 Å². The van der Waals surface area contributed by atoms with Crippen LogP contribution in [0, 0.1) is 0 Å². The monoisotopic (exact) mass is 246 g/mol. The molecule has 0 heterocycles. The van der Waals surface area contributed by atoms with Crippen molar-refractivity contribution in [2.45, 2.75) is 12.8 Å². The first-order chi connectivity index (χ1) is 7.92. The van der Waals surface area contributed by atoms with E-state index in [1.165, 1.54) is 12.1 Å². The lowest BCUT2D eigenvalue weighted by molar-refractivity contribution is -0.274. The van der Waals surface area contributed by atoms with Gasteiger partial charge in [0.15, 0.2) is 5.75 Å². The summed E-state index contributed by atoms with van der Waals surface area (Å²) in [6, 6.07) is 4.20. The fraction of sp³-hybridized carbons (Fsp3) is 0.273. The molecule has 17 heavy (non-hydrogen) atoms. The van der Waals surface area contributed by atoms with E-state index in [-0.39, 0.29) is 5.69 Å². The third kappa shape index (κ3) is 4.78. The zero-order chi connectivity index (χ0) is 12.9. The Balaban J connectivity index is 2.87. The minimum atomic E-state index is -4.74. The number of nitrogens with two attached hydrogens (primary N) is 2. The second-order valence-electron chi connectivity index (χ2n) is 3.32. The maximum absolute atomic E-state index is 12.0. The normalized spacial score (nSPS) is 12.0. The standard InChI is InChI=1S/C11H13F3N2O/c12-11(13,14)17-10-7-8(3-1-2-6-15)4-5-9(10)16/h1,3-5,7H,2,6,15-16H2. The summed E-state index contributed by atoms with van der Waals surface area (Å²) in [6.07, 6.45) is -0.661. The molecule has 1 rings (SSSR count). The van der Waals surface area contributed by atoms with Gasteiger partial charge in [0.25, 0.3) is 0 Å². The Morgan fingerprint density at radius 2 is 2.00 bits per heavy atom. The van der Waals surface area contributed by atoms with Crippen molar-refractivity contribution in [1.82, 2.24) is 0 Å². The first-order valence-electron chi connectivity index (χ1n) is 4.94. The van der Waals surface area contributed by atoms with E-state index in [1.807, 2.05) is 0 Å². The number of rotatable bonds is 4. The van der Waals surface area contributed by atoms with Gasteiger partial charge in [-0.2, -0.15) is 0 Å². The lowest BCUT2D eigenvalue weighted by Gasteiger charge is -2.11. The summed E-state index contributed by atoms with van der Waals surface area (Å²) in [5.41, 5.74) is 11.2. The van der Waals surface area contributed by atoms with E-state index in [4.69, 9.17) is 11.5 Å². The molecule has 4 N–H and O–H groups in total. The van der Waals surface area contributed by atoms with Crippen LogP contribution in [0.1, 0.15) is 12.0 Å². The second kappa shape index (κ2) is 5.58. The number of nitrogen functional groups attached to an aromatic ring is 1. The van der Waals surface area contributed by atoms with Gasteiger partial charge in [0.2, 0.25) is 0 Å². The first-order valence-corrected chi connectivity index (χ1v) is 4.94. The molecule has 0 aliphatic heterocycles. The molecule has 0 saturated heterocycles. The SMILES string of the molecule is NCCC=Cc1ccc(N)c(OC(F)(F)F)c1. The molecule has 0 fully saturated rings. The van der Waals surface area contributed by atoms with Crippen molar-refractivity contribution in [1.29, 1.82) is 0 Å². The van der Waals surface area contributed by atoms with E-state index >= 15 is 0 Å². The number of hydrogen-bond donors (Lipinski definition) is 2. The smallest absolute Gasteiger partial charge is 0.404 e. The summed E-state index contributed by atoms with van der Waals surface area (Å²) in [5, 5.41) is 0. The van der Waals surface area contributed by atoms with Crippen molar-refractivity contribution in [2.24, 2.45) is 5.73 Å². The molecule has 3 nitrogen and oxygen atoms in total. The van der Waals surface area contributed by atoms with Gasteiger partial charge in [0.1, 0.15) is 0 Å². The maximum Gasteiger partial charge on any atom is 0.573 e. The lowest BCUT2D eigenvalue weighted by Crippen LogP contribution is -2.18. The Morgan fingerprint density at radius 3 is 2.59 bits per heavy atom. The van der Waals surface area contributed by atoms with E-state index in [0.29, 0.717) is 18.5 Å². The summed E-state index contributed by atoms with van der Waals surface area (Å²) in [7, 11) is 0. The molecule has 94 valence electrons. The van der Waals surface area contributed by atoms with Gasteiger partial charge >= 0.3 is 6.36 Å². The van der Waals surface area contributed by atoms with Crippen LogP contribution in [-0.4, -0.2) is 12.9 Å². The predicted molar refractivity (Wildman–Crippen MR) is 60.2 cm³/mol. The van der Waals surface area contributed by atoms with Crippen LogP contribution in [0.5, 0.6) is 5.75 Å². The van der Waals surface area contributed by atoms with Crippen LogP contribution < -0.4 is 16.2 Å². The van der Waals surface area contributed by atoms with Gasteiger partial charge in [0, 0.05) is 0 Å². The van der Waals surface area contributed by atoms with Crippen LogP contribution in [0.25, 0.3) is 6.08 Å². The minimum absolute atomic E-state index is 0.0571. The summed E-state index contributed by atoms with van der Waals surface area (Å²) in [5.74, 6) is -0.396. The summed E-state index contributed by atoms with van der Waals surface area (Å²) in [6.45, 7) is 0.484. The molecule has 1 aromatic carbocycles. The van der Waals surface area contributed by atoms with E-state index in [1.54, 1.807) is 18.2 Å². The molecular formula is C11H13F3N2O. The third-order valence-corrected chi connectivity index (χ3v) is 1.91. The Morgan fingerprint density at radius 1 is 1.29 bits per heavy atom. The fourth-order valence-electron chi connectivity index (χ4n) is 1.18. The van der Waals surface area contributed by atoms with Crippen molar-refractivity contribution >= 4 is 11.8 Å². The Bertz CT molecular complexity index is 402. The summed E-state index contributed by atoms with van der Waals surface area (Å²) >= 11 is 0. The molecular weight excluding hydrogens is 233 g/mol. The highest BCUT2D eigenvalue weighted by atomic mass is 19.4. The van der Waals surface area contributed by atoms with Crippen molar-refractivity contribution < 1.29 is 17.9 Å². The first kappa shape index (κ1) is 13.4. The zero-order valence-corrected chi connectivity index (χ0v) is 9.00. The van der Waals surface area contributed by atoms with E-state index in [9.17, 15) is 13.2 Å². The van der Waals surface area contributed by atoms with E-state index in [2.05, 4.69) is 4.74 Å². The van der Waals surface area contributed by atoms with Crippen LogP contribution in [0.2, 0.25) is 0 Å². The van der Waals surface area contributed by atoms with Gasteiger partial charge in [-0.15, -0.1) is 13.2 Å². The van der Waals surface area contributed by atoms with Crippen molar-refractivity contribution in [3.8, 4) is 5.75 Å². The summed E-state index contributed by atoms with van der Waals surface area (Å²) in [4.78, 5) is 0. The van der Waals surface area contributed by atoms with Crippen LogP contribution in [0.15, 0.2) is 24.3 Å². The van der Waals surface area contributed by atoms with E-state index < -0.39 is 12.1 Å². The molecule has 0 bridgehead atoms. The molecule has 0 atom stereocenters. The Kier molecular flexibility index (Phi) is 4.39. The topological polar surface area (TPSA) is 61.3 Å². The molecule has 6 heteroatoms. The van der Waals surface area contributed by atoms with Crippen LogP contribution in [0.3, 0.4) is 0 Å². The molecule has 1 aromatic rings. The Labute approximate surface area is 96.9 Å². The molecule has 0 radical (unpaired) electrons. The quantitative estimate of drug-likeness (QED) is 0.802. The highest BCUT2D eigenvalue weighted by molar-refractivity contribution is 5.61. The molecule has 0 saturated carbocycles. The molecule has 0 aliphatic carbocycles. The molecule has 0 unspecified atom stereocenters. The van der Waals surface area contributed by atoms with E-state index in [0.717, 1.165) is 0 Å². The lowest BCUT2D eigenvalue weighted by atomic mass is 10.1. The number of benzene rings is 1. The van der Waals surface area contributed by atoms with Gasteiger partial charge in [-0.1, -0.05) is 18.2 Å². The Hall–Kier alpha value is -1.69. The van der Waals surface area contributed by atoms with Gasteiger partial charge in [-0.05, 0) is 30.7 Å². The van der Waals surface area contributed by atoms with Gasteiger partial charge < -0.3 is 16.2 Å². The van der Waals surface area contributed by atoms with Crippen molar-refractivity contribution in [2.75, 3.05) is 12.3 Å². The largest absolute Gasteiger partial charge is 0.573 e. The van der Waals surface area contributed by atoms with Crippen LogP contribution >= 0.6 is 0 Å². The molecule has 0 aromatic heterocycles. The second-order valence-corrected chi connectivity index (χ2v) is 3.32. The highest BCUT2D eigenvalue weighted by Gasteiger charge is 2.31. The summed E-state index contributed by atoms with van der Waals surface area (Å²) < 4.78 is 39.9. The zero-order valence-electron chi connectivity index (χ0n) is 9.00. The van der Waals surface area contributed by atoms with Gasteiger partial charge in [-0.25, -0.2) is 0 Å². The van der Waals surface area contributed by atoms with Gasteiger partial charge in [-0.3, -0.25) is 0 Å². The minimum Gasteiger partial charge on any atom is -0.404 e. The predicted octanol–water partition coefficient (Wildman–Crippen LogP) is 2.53. The number of alkyl halides is 3. The molecule has 0 amide bonds. The average Bonchev–Trinajstić information content (AvgIpc) is 2.21. The third-order valence-electron chi connectivity index (χ3n) is 1.91. The number of ether oxygens (including phenoxy) is 1. The van der Waals surface area contributed by atoms with Gasteiger partial charge in [0.05, 0.1) is 5.69 Å². The van der Waals surface area contributed by atoms with Crippen LogP contribution in [0.4, 0.5) is 18.9 Å². The average molecular weight is 246 g/mol. The fourth-order valence-corrected chi connectivity index (χ4v) is 1.18. The number of anilines is 1. The highest BCUT2D eigenvalue weighted by Crippen LogP contribution is 2.29. The van der Waals surface area contributed by atoms with Crippen molar-refractivity contribution in [3.63, 3.8) is 0 Å². The molecule has 0 spiro atoms. The molecule has 0 aliphatic rings.